The van der Waals surface area contributed by atoms with E-state index in [1.807, 2.05) is 37.3 Å². The first-order chi connectivity index (χ1) is 23.2. The van der Waals surface area contributed by atoms with Crippen molar-refractivity contribution in [2.75, 3.05) is 13.2 Å². The number of carbonyl (C=O) groups is 1. The molecule has 0 spiro atoms. The Morgan fingerprint density at radius 2 is 1.77 bits per heavy atom. The lowest BCUT2D eigenvalue weighted by Crippen LogP contribution is -2.39. The monoisotopic (exact) mass is 775 g/mol. The summed E-state index contributed by atoms with van der Waals surface area (Å²) >= 11 is 3.40. The highest BCUT2D eigenvalue weighted by Crippen LogP contribution is 2.36. The predicted molar refractivity (Wildman–Crippen MR) is 192 cm³/mol. The van der Waals surface area contributed by atoms with E-state index in [1.165, 1.54) is 28.0 Å². The van der Waals surface area contributed by atoms with Crippen LogP contribution in [0.5, 0.6) is 11.5 Å². The van der Waals surface area contributed by atoms with Gasteiger partial charge < -0.3 is 14.2 Å². The third kappa shape index (κ3) is 6.62. The smallest absolute Gasteiger partial charge is 0.338 e. The van der Waals surface area contributed by atoms with Gasteiger partial charge in [-0.1, -0.05) is 47.7 Å². The second-order valence-corrected chi connectivity index (χ2v) is 13.1. The second-order valence-electron chi connectivity index (χ2n) is 10.9. The summed E-state index contributed by atoms with van der Waals surface area (Å²) in [5.41, 5.74) is 2.41. The number of nitro benzene ring substituents is 1. The van der Waals surface area contributed by atoms with Crippen LogP contribution in [0.1, 0.15) is 43.5 Å². The lowest BCUT2D eigenvalue weighted by atomic mass is 9.95. The van der Waals surface area contributed by atoms with E-state index in [4.69, 9.17) is 14.2 Å². The number of ether oxygens (including phenoxy) is 3. The molecule has 0 unspecified atom stereocenters. The van der Waals surface area contributed by atoms with E-state index in [-0.39, 0.29) is 23.4 Å². The fraction of sp³-hybridized carbons (Fsp3) is 0.194. The van der Waals surface area contributed by atoms with Gasteiger partial charge in [-0.25, -0.2) is 9.79 Å². The van der Waals surface area contributed by atoms with Gasteiger partial charge in [0.2, 0.25) is 0 Å². The molecule has 0 aliphatic carbocycles. The Morgan fingerprint density at radius 1 is 1.02 bits per heavy atom. The molecule has 1 aromatic heterocycles. The molecule has 0 fully saturated rings. The number of rotatable bonds is 10. The number of allylic oxidation sites excluding steroid dienone is 1. The lowest BCUT2D eigenvalue weighted by Gasteiger charge is -2.24. The summed E-state index contributed by atoms with van der Waals surface area (Å²) in [6, 6.07) is 23.1. The Bertz CT molecular complexity index is 2280. The number of fused-ring (bicyclic) bond motifs is 2. The maximum atomic E-state index is 14.1. The molecule has 48 heavy (non-hydrogen) atoms. The Balaban J connectivity index is 1.39. The summed E-state index contributed by atoms with van der Waals surface area (Å²) in [6.45, 7) is 6.18. The molecule has 12 heteroatoms. The first kappa shape index (κ1) is 33.1. The average Bonchev–Trinajstić information content (AvgIpc) is 3.37. The number of hydrogen-bond acceptors (Lipinski definition) is 9. The summed E-state index contributed by atoms with van der Waals surface area (Å²) in [5, 5.41) is 13.6. The molecular weight excluding hydrogens is 745 g/mol. The van der Waals surface area contributed by atoms with E-state index in [0.717, 1.165) is 25.5 Å². The lowest BCUT2D eigenvalue weighted by molar-refractivity contribution is -0.384. The minimum absolute atomic E-state index is 0.103. The molecule has 0 saturated carbocycles. The topological polar surface area (TPSA) is 122 Å². The highest BCUT2D eigenvalue weighted by Gasteiger charge is 2.33. The average molecular weight is 776 g/mol. The Kier molecular flexibility index (Phi) is 9.73. The Labute approximate surface area is 292 Å². The Hall–Kier alpha value is -4.82. The number of carbonyl (C=O) groups excluding carboxylic acids is 1. The van der Waals surface area contributed by atoms with Crippen LogP contribution in [0.25, 0.3) is 16.8 Å². The van der Waals surface area contributed by atoms with Crippen LogP contribution < -0.4 is 24.4 Å². The molecule has 6 rings (SSSR count). The maximum Gasteiger partial charge on any atom is 0.338 e. The molecule has 0 amide bonds. The molecule has 0 saturated heterocycles. The molecule has 0 bridgehead atoms. The van der Waals surface area contributed by atoms with Crippen LogP contribution in [0.15, 0.2) is 99.9 Å². The zero-order chi connectivity index (χ0) is 33.9. The van der Waals surface area contributed by atoms with E-state index in [9.17, 15) is 19.7 Å². The summed E-state index contributed by atoms with van der Waals surface area (Å²) in [4.78, 5) is 43.1. The maximum absolute atomic E-state index is 14.1. The van der Waals surface area contributed by atoms with Crippen LogP contribution in [0.2, 0.25) is 0 Å². The molecule has 244 valence electrons. The van der Waals surface area contributed by atoms with Gasteiger partial charge in [0.1, 0.15) is 6.61 Å². The van der Waals surface area contributed by atoms with E-state index in [0.29, 0.717) is 45.3 Å². The molecule has 5 aromatic rings. The van der Waals surface area contributed by atoms with Gasteiger partial charge in [-0.3, -0.25) is 19.5 Å². The van der Waals surface area contributed by atoms with Crippen molar-refractivity contribution in [3.05, 3.63) is 140 Å². The van der Waals surface area contributed by atoms with Gasteiger partial charge in [0.25, 0.3) is 11.2 Å². The summed E-state index contributed by atoms with van der Waals surface area (Å²) in [7, 11) is 0. The predicted octanol–water partition coefficient (Wildman–Crippen LogP) is 6.44. The van der Waals surface area contributed by atoms with Crippen molar-refractivity contribution in [1.82, 2.24) is 4.57 Å². The van der Waals surface area contributed by atoms with Crippen molar-refractivity contribution < 1.29 is 23.9 Å². The van der Waals surface area contributed by atoms with Gasteiger partial charge in [0.15, 0.2) is 16.3 Å². The van der Waals surface area contributed by atoms with Crippen LogP contribution in [-0.2, 0) is 16.1 Å². The summed E-state index contributed by atoms with van der Waals surface area (Å²) in [6.07, 6.45) is 1.76. The van der Waals surface area contributed by atoms with Gasteiger partial charge in [0.05, 0.1) is 43.6 Å². The van der Waals surface area contributed by atoms with Gasteiger partial charge in [0, 0.05) is 12.1 Å². The number of nitro groups is 1. The number of aromatic nitrogens is 1. The first-order valence-corrected chi connectivity index (χ1v) is 17.1. The van der Waals surface area contributed by atoms with Crippen LogP contribution in [-0.4, -0.2) is 28.7 Å². The number of halogens is 1. The minimum Gasteiger partial charge on any atom is -0.490 e. The molecule has 0 radical (unpaired) electrons. The fourth-order valence-electron chi connectivity index (χ4n) is 5.59. The summed E-state index contributed by atoms with van der Waals surface area (Å²) < 4.78 is 20.3. The van der Waals surface area contributed by atoms with Crippen LogP contribution in [0, 0.1) is 13.7 Å². The number of thiazole rings is 1. The van der Waals surface area contributed by atoms with Crippen molar-refractivity contribution in [2.45, 2.75) is 33.4 Å². The van der Waals surface area contributed by atoms with Crippen LogP contribution in [0.3, 0.4) is 0 Å². The minimum atomic E-state index is -0.881. The van der Waals surface area contributed by atoms with E-state index >= 15 is 0 Å². The van der Waals surface area contributed by atoms with E-state index < -0.39 is 16.9 Å². The number of benzene rings is 4. The highest BCUT2D eigenvalue weighted by molar-refractivity contribution is 14.1. The molecular formula is C36H30IN3O7S. The Morgan fingerprint density at radius 3 is 2.48 bits per heavy atom. The van der Waals surface area contributed by atoms with Gasteiger partial charge >= 0.3 is 5.97 Å². The fourth-order valence-corrected chi connectivity index (χ4v) is 7.42. The van der Waals surface area contributed by atoms with Crippen molar-refractivity contribution in [3.63, 3.8) is 0 Å². The molecule has 0 N–H and O–H groups in total. The molecule has 1 atom stereocenters. The normalized spacial score (nSPS) is 14.4. The quantitative estimate of drug-likeness (QED) is 0.0693. The van der Waals surface area contributed by atoms with Crippen molar-refractivity contribution in [2.24, 2.45) is 4.99 Å². The van der Waals surface area contributed by atoms with E-state index in [1.54, 1.807) is 32.1 Å². The standard InChI is InChI=1S/C36H30IN3O7S/c1-4-45-29-18-23(17-28(37)33(29)47-20-22-10-11-24-8-6-7-9-26(24)16-22)19-30-34(41)39-32(25-12-14-27(15-13-25)40(43)44)31(35(42)46-5-2)21(3)38-36(39)48-30/h6-19,32H,4-5,20H2,1-3H3/b30-19+/t32-/m1/s1. The van der Waals surface area contributed by atoms with E-state index in [2.05, 4.69) is 51.8 Å². The number of non-ortho nitro benzene ring substituents is 1. The van der Waals surface area contributed by atoms with Crippen molar-refractivity contribution in [3.8, 4) is 11.5 Å². The SMILES string of the molecule is CCOC(=O)C1=C(C)N=c2s/c(=C/c3cc(I)c(OCc4ccc5ccccc5c4)c(OCC)c3)c(=O)n2[C@@H]1c1ccc([N+](=O)[O-])cc1. The summed E-state index contributed by atoms with van der Waals surface area (Å²) in [5.74, 6) is 0.553. The molecule has 2 heterocycles. The zero-order valence-electron chi connectivity index (χ0n) is 26.3. The van der Waals surface area contributed by atoms with Gasteiger partial charge in [-0.2, -0.15) is 0 Å². The van der Waals surface area contributed by atoms with Crippen LogP contribution >= 0.6 is 33.9 Å². The number of nitrogens with zero attached hydrogens (tertiary/aromatic N) is 3. The number of esters is 1. The zero-order valence-corrected chi connectivity index (χ0v) is 29.2. The molecule has 1 aliphatic heterocycles. The number of hydrogen-bond donors (Lipinski definition) is 0. The van der Waals surface area contributed by atoms with Gasteiger partial charge in [-0.15, -0.1) is 0 Å². The van der Waals surface area contributed by atoms with Crippen LogP contribution in [0.4, 0.5) is 5.69 Å². The molecule has 10 nitrogen and oxygen atoms in total. The van der Waals surface area contributed by atoms with Crippen molar-refractivity contribution >= 4 is 62.4 Å². The highest BCUT2D eigenvalue weighted by atomic mass is 127. The first-order valence-electron chi connectivity index (χ1n) is 15.2. The molecule has 4 aromatic carbocycles. The van der Waals surface area contributed by atoms with Gasteiger partial charge in [-0.05, 0) is 107 Å². The molecule has 1 aliphatic rings. The largest absolute Gasteiger partial charge is 0.490 e. The van der Waals surface area contributed by atoms with Crippen molar-refractivity contribution in [1.29, 1.82) is 0 Å². The third-order valence-electron chi connectivity index (χ3n) is 7.76. The third-order valence-corrected chi connectivity index (χ3v) is 9.55. The second kappa shape index (κ2) is 14.1.